The zero-order chi connectivity index (χ0) is 14.7. The highest BCUT2D eigenvalue weighted by molar-refractivity contribution is 6.31. The summed E-state index contributed by atoms with van der Waals surface area (Å²) in [5.74, 6) is -1.82. The van der Waals surface area contributed by atoms with E-state index >= 15 is 0 Å². The molecule has 4 nitrogen and oxygen atoms in total. The van der Waals surface area contributed by atoms with Crippen molar-refractivity contribution in [1.82, 2.24) is 5.32 Å². The number of hydrogen-bond donors (Lipinski definition) is 2. The molecule has 0 aromatic heterocycles. The lowest BCUT2D eigenvalue weighted by Crippen LogP contribution is -2.34. The molecule has 1 unspecified atom stereocenters. The van der Waals surface area contributed by atoms with Gasteiger partial charge in [-0.05, 0) is 30.4 Å². The first-order valence-electron chi connectivity index (χ1n) is 6.73. The van der Waals surface area contributed by atoms with Crippen LogP contribution in [0.1, 0.15) is 25.3 Å². The van der Waals surface area contributed by atoms with Gasteiger partial charge in [-0.1, -0.05) is 36.7 Å². The van der Waals surface area contributed by atoms with Gasteiger partial charge in [-0.25, -0.2) is 0 Å². The highest BCUT2D eigenvalue weighted by Crippen LogP contribution is 2.36. The molecule has 0 heterocycles. The third-order valence-electron chi connectivity index (χ3n) is 3.86. The molecule has 2 rings (SSSR count). The van der Waals surface area contributed by atoms with Crippen molar-refractivity contribution >= 4 is 23.5 Å². The maximum absolute atomic E-state index is 12.2. The van der Waals surface area contributed by atoms with Crippen LogP contribution in [0.2, 0.25) is 5.02 Å². The van der Waals surface area contributed by atoms with Crippen LogP contribution in [0.3, 0.4) is 0 Å². The second kappa shape index (κ2) is 6.27. The fourth-order valence-electron chi connectivity index (χ4n) is 2.81. The first kappa shape index (κ1) is 14.9. The number of halogens is 1. The van der Waals surface area contributed by atoms with Gasteiger partial charge in [0.05, 0.1) is 11.8 Å². The van der Waals surface area contributed by atoms with E-state index in [0.29, 0.717) is 24.4 Å². The summed E-state index contributed by atoms with van der Waals surface area (Å²) in [4.78, 5) is 23.4. The Kier molecular flexibility index (Phi) is 4.65. The summed E-state index contributed by atoms with van der Waals surface area (Å²) in [6.07, 6.45) is 1.20. The molecule has 1 amide bonds. The smallest absolute Gasteiger partial charge is 0.307 e. The minimum Gasteiger partial charge on any atom is -0.481 e. The molecule has 1 aromatic carbocycles. The van der Waals surface area contributed by atoms with E-state index in [1.54, 1.807) is 6.07 Å². The average Bonchev–Trinajstić information content (AvgIpc) is 2.80. The number of rotatable bonds is 4. The molecular formula is C15H18ClNO3. The van der Waals surface area contributed by atoms with Gasteiger partial charge in [0.1, 0.15) is 0 Å². The van der Waals surface area contributed by atoms with Crippen LogP contribution in [0.25, 0.3) is 0 Å². The predicted molar refractivity (Wildman–Crippen MR) is 76.3 cm³/mol. The Morgan fingerprint density at radius 2 is 1.95 bits per heavy atom. The number of amides is 1. The van der Waals surface area contributed by atoms with E-state index in [2.05, 4.69) is 5.32 Å². The van der Waals surface area contributed by atoms with Crippen LogP contribution >= 0.6 is 11.6 Å². The number of carbonyl (C=O) groups is 2. The number of benzene rings is 1. The van der Waals surface area contributed by atoms with E-state index in [1.165, 1.54) is 0 Å². The molecule has 1 fully saturated rings. The molecule has 0 bridgehead atoms. The third-order valence-corrected chi connectivity index (χ3v) is 4.23. The summed E-state index contributed by atoms with van der Waals surface area (Å²) in [5, 5.41) is 12.6. The predicted octanol–water partition coefficient (Wildman–Crippen LogP) is 2.70. The van der Waals surface area contributed by atoms with Crippen LogP contribution in [0.15, 0.2) is 24.3 Å². The van der Waals surface area contributed by atoms with Crippen molar-refractivity contribution in [1.29, 1.82) is 0 Å². The molecule has 2 N–H and O–H groups in total. The highest BCUT2D eigenvalue weighted by Gasteiger charge is 2.40. The molecule has 1 saturated carbocycles. The molecule has 108 valence electrons. The third kappa shape index (κ3) is 3.31. The molecule has 1 aliphatic rings. The summed E-state index contributed by atoms with van der Waals surface area (Å²) in [6.45, 7) is 2.31. The van der Waals surface area contributed by atoms with Gasteiger partial charge in [-0.3, -0.25) is 9.59 Å². The summed E-state index contributed by atoms with van der Waals surface area (Å²) in [7, 11) is 0. The summed E-state index contributed by atoms with van der Waals surface area (Å²) < 4.78 is 0. The number of hydrogen-bond acceptors (Lipinski definition) is 2. The minimum absolute atomic E-state index is 0.193. The lowest BCUT2D eigenvalue weighted by atomic mass is 9.95. The van der Waals surface area contributed by atoms with Crippen molar-refractivity contribution in [2.24, 2.45) is 17.8 Å². The Hall–Kier alpha value is -1.55. The minimum atomic E-state index is -0.882. The zero-order valence-corrected chi connectivity index (χ0v) is 12.1. The van der Waals surface area contributed by atoms with Crippen LogP contribution in [-0.4, -0.2) is 17.0 Å². The van der Waals surface area contributed by atoms with E-state index in [0.717, 1.165) is 5.56 Å². The molecule has 0 spiro atoms. The second-order valence-corrected chi connectivity index (χ2v) is 5.84. The van der Waals surface area contributed by atoms with Gasteiger partial charge in [-0.2, -0.15) is 0 Å². The van der Waals surface area contributed by atoms with Crippen LogP contribution < -0.4 is 5.32 Å². The normalized spacial score (nSPS) is 25.4. The van der Waals surface area contributed by atoms with E-state index in [-0.39, 0.29) is 11.8 Å². The lowest BCUT2D eigenvalue weighted by molar-refractivity contribution is -0.146. The van der Waals surface area contributed by atoms with Crippen molar-refractivity contribution in [3.63, 3.8) is 0 Å². The van der Waals surface area contributed by atoms with Crippen LogP contribution in [0.5, 0.6) is 0 Å². The Morgan fingerprint density at radius 1 is 1.30 bits per heavy atom. The maximum atomic E-state index is 12.2. The molecule has 0 radical (unpaired) electrons. The molecule has 5 heteroatoms. The second-order valence-electron chi connectivity index (χ2n) is 5.44. The Labute approximate surface area is 123 Å². The first-order chi connectivity index (χ1) is 9.49. The largest absolute Gasteiger partial charge is 0.481 e. The Bertz CT molecular complexity index is 518. The molecule has 0 saturated heterocycles. The number of aliphatic carboxylic acids is 1. The van der Waals surface area contributed by atoms with E-state index in [9.17, 15) is 14.7 Å². The number of carboxylic acid groups (broad SMARTS) is 1. The summed E-state index contributed by atoms with van der Waals surface area (Å²) in [6, 6.07) is 7.28. The standard InChI is InChI=1S/C15H18ClNO3/c1-9-6-11(12(7-9)15(19)20)14(18)17-8-10-4-2-3-5-13(10)16/h2-5,9,11-12H,6-8H2,1H3,(H,17,18)(H,19,20)/t9?,11-,12+/m0/s1. The van der Waals surface area contributed by atoms with E-state index in [4.69, 9.17) is 11.6 Å². The van der Waals surface area contributed by atoms with Gasteiger partial charge < -0.3 is 10.4 Å². The van der Waals surface area contributed by atoms with Gasteiger partial charge >= 0.3 is 5.97 Å². The Morgan fingerprint density at radius 3 is 2.60 bits per heavy atom. The molecule has 3 atom stereocenters. The average molecular weight is 296 g/mol. The maximum Gasteiger partial charge on any atom is 0.307 e. The first-order valence-corrected chi connectivity index (χ1v) is 7.10. The molecule has 0 aliphatic heterocycles. The number of carbonyl (C=O) groups excluding carboxylic acids is 1. The zero-order valence-electron chi connectivity index (χ0n) is 11.3. The molecule has 20 heavy (non-hydrogen) atoms. The monoisotopic (exact) mass is 295 g/mol. The number of carboxylic acids is 1. The topological polar surface area (TPSA) is 66.4 Å². The fourth-order valence-corrected chi connectivity index (χ4v) is 3.01. The van der Waals surface area contributed by atoms with Crippen molar-refractivity contribution in [2.45, 2.75) is 26.3 Å². The van der Waals surface area contributed by atoms with Gasteiger partial charge in [-0.15, -0.1) is 0 Å². The van der Waals surface area contributed by atoms with Crippen molar-refractivity contribution in [3.8, 4) is 0 Å². The van der Waals surface area contributed by atoms with E-state index < -0.39 is 17.8 Å². The van der Waals surface area contributed by atoms with Gasteiger partial charge in [0, 0.05) is 11.6 Å². The summed E-state index contributed by atoms with van der Waals surface area (Å²) in [5.41, 5.74) is 0.834. The van der Waals surface area contributed by atoms with Crippen LogP contribution in [0.4, 0.5) is 0 Å². The van der Waals surface area contributed by atoms with Crippen LogP contribution in [0, 0.1) is 17.8 Å². The molecular weight excluding hydrogens is 278 g/mol. The van der Waals surface area contributed by atoms with E-state index in [1.807, 2.05) is 25.1 Å². The fraction of sp³-hybridized carbons (Fsp3) is 0.467. The van der Waals surface area contributed by atoms with Gasteiger partial charge in [0.25, 0.3) is 0 Å². The van der Waals surface area contributed by atoms with Crippen molar-refractivity contribution < 1.29 is 14.7 Å². The van der Waals surface area contributed by atoms with Gasteiger partial charge in [0.2, 0.25) is 5.91 Å². The van der Waals surface area contributed by atoms with Crippen molar-refractivity contribution in [3.05, 3.63) is 34.9 Å². The van der Waals surface area contributed by atoms with Gasteiger partial charge in [0.15, 0.2) is 0 Å². The van der Waals surface area contributed by atoms with Crippen LogP contribution in [-0.2, 0) is 16.1 Å². The molecule has 1 aromatic rings. The molecule has 1 aliphatic carbocycles. The number of nitrogens with one attached hydrogen (secondary N) is 1. The van der Waals surface area contributed by atoms with Crippen molar-refractivity contribution in [2.75, 3.05) is 0 Å². The highest BCUT2D eigenvalue weighted by atomic mass is 35.5. The quantitative estimate of drug-likeness (QED) is 0.897. The lowest BCUT2D eigenvalue weighted by Gasteiger charge is -2.15. The SMILES string of the molecule is CC1C[C@H](C(=O)NCc2ccccc2Cl)[C@H](C(=O)O)C1. The summed E-state index contributed by atoms with van der Waals surface area (Å²) >= 11 is 6.02. The Balaban J connectivity index is 1.98.